The molecule has 2 N–H and O–H groups in total. The molecule has 0 saturated heterocycles. The molecule has 0 atom stereocenters. The van der Waals surface area contributed by atoms with Crippen LogP contribution < -0.4 is 5.14 Å². The van der Waals surface area contributed by atoms with Crippen LogP contribution in [0, 0.1) is 0 Å². The number of benzene rings is 2. The normalized spacial score (nSPS) is 11.2. The van der Waals surface area contributed by atoms with Gasteiger partial charge in [0.25, 0.3) is 9.05 Å². The number of hydrogen-bond acceptors (Lipinski definition) is 6. The third-order valence-electron chi connectivity index (χ3n) is 3.09. The van der Waals surface area contributed by atoms with E-state index < -0.39 is 19.1 Å². The van der Waals surface area contributed by atoms with Gasteiger partial charge >= 0.3 is 0 Å². The molecule has 2 rings (SSSR count). The van der Waals surface area contributed by atoms with Crippen LogP contribution in [0.2, 0.25) is 0 Å². The zero-order chi connectivity index (χ0) is 20.1. The fourth-order valence-corrected chi connectivity index (χ4v) is 3.12. The number of nitrogens with two attached hydrogens (primary N) is 1. The molecule has 0 aliphatic heterocycles. The van der Waals surface area contributed by atoms with Crippen molar-refractivity contribution < 1.29 is 26.4 Å². The SMILES string of the molecule is CC(=O)c1cccc(S(=O)(=O)Cl)c1.CC(=O)c1cccc(S(N)(=O)=O)c1. The Morgan fingerprint density at radius 3 is 1.54 bits per heavy atom. The molecule has 0 spiro atoms. The van der Waals surface area contributed by atoms with Gasteiger partial charge in [0.2, 0.25) is 10.0 Å². The minimum Gasteiger partial charge on any atom is -0.295 e. The van der Waals surface area contributed by atoms with Gasteiger partial charge in [-0.25, -0.2) is 22.0 Å². The van der Waals surface area contributed by atoms with E-state index >= 15 is 0 Å². The summed E-state index contributed by atoms with van der Waals surface area (Å²) in [4.78, 5) is 21.7. The first-order chi connectivity index (χ1) is 11.8. The lowest BCUT2D eigenvalue weighted by Gasteiger charge is -1.99. The summed E-state index contributed by atoms with van der Waals surface area (Å²) >= 11 is 0. The van der Waals surface area contributed by atoms with Gasteiger partial charge in [0, 0.05) is 21.8 Å². The lowest BCUT2D eigenvalue weighted by molar-refractivity contribution is 0.100. The Morgan fingerprint density at radius 2 is 1.19 bits per heavy atom. The van der Waals surface area contributed by atoms with Gasteiger partial charge in [-0.3, -0.25) is 9.59 Å². The number of Topliss-reactive ketones (excluding diaryl/α,β-unsaturated/α-hetero) is 2. The van der Waals surface area contributed by atoms with Gasteiger partial charge in [-0.2, -0.15) is 0 Å². The fraction of sp³-hybridized carbons (Fsp3) is 0.125. The van der Waals surface area contributed by atoms with E-state index in [1.807, 2.05) is 0 Å². The maximum Gasteiger partial charge on any atom is 0.261 e. The Bertz CT molecular complexity index is 960. The van der Waals surface area contributed by atoms with Gasteiger partial charge in [-0.1, -0.05) is 24.3 Å². The lowest BCUT2D eigenvalue weighted by atomic mass is 10.2. The molecule has 0 aliphatic rings. The van der Waals surface area contributed by atoms with Crippen LogP contribution in [-0.4, -0.2) is 28.4 Å². The molecule has 10 heteroatoms. The number of ketones is 2. The molecule has 0 radical (unpaired) electrons. The van der Waals surface area contributed by atoms with Gasteiger partial charge < -0.3 is 0 Å². The first-order valence-electron chi connectivity index (χ1n) is 7.02. The summed E-state index contributed by atoms with van der Waals surface area (Å²) in [6.07, 6.45) is 0. The lowest BCUT2D eigenvalue weighted by Crippen LogP contribution is -2.12. The van der Waals surface area contributed by atoms with Crippen molar-refractivity contribution in [2.45, 2.75) is 23.6 Å². The molecule has 0 amide bonds. The average Bonchev–Trinajstić information content (AvgIpc) is 2.54. The van der Waals surface area contributed by atoms with E-state index in [1.165, 1.54) is 62.4 Å². The molecule has 0 heterocycles. The second kappa shape index (κ2) is 8.54. The minimum atomic E-state index is -3.74. The van der Waals surface area contributed by atoms with Crippen LogP contribution in [-0.2, 0) is 19.1 Å². The Labute approximate surface area is 156 Å². The van der Waals surface area contributed by atoms with Gasteiger partial charge in [0.1, 0.15) is 0 Å². The topological polar surface area (TPSA) is 128 Å². The maximum absolute atomic E-state index is 10.9. The van der Waals surface area contributed by atoms with Gasteiger partial charge in [-0.15, -0.1) is 0 Å². The molecule has 0 bridgehead atoms. The molecule has 2 aromatic carbocycles. The van der Waals surface area contributed by atoms with Crippen molar-refractivity contribution in [2.75, 3.05) is 0 Å². The zero-order valence-electron chi connectivity index (χ0n) is 13.8. The summed E-state index contributed by atoms with van der Waals surface area (Å²) in [5.74, 6) is -0.382. The van der Waals surface area contributed by atoms with Crippen LogP contribution >= 0.6 is 10.7 Å². The minimum absolute atomic E-state index is 0.0415. The molecule has 0 unspecified atom stereocenters. The number of rotatable bonds is 4. The average molecular weight is 418 g/mol. The van der Waals surface area contributed by atoms with Gasteiger partial charge in [0.05, 0.1) is 9.79 Å². The highest BCUT2D eigenvalue weighted by Crippen LogP contribution is 2.16. The van der Waals surface area contributed by atoms with Crippen molar-refractivity contribution in [2.24, 2.45) is 5.14 Å². The summed E-state index contributed by atoms with van der Waals surface area (Å²) in [5.41, 5.74) is 0.674. The van der Waals surface area contributed by atoms with E-state index in [0.29, 0.717) is 11.1 Å². The van der Waals surface area contributed by atoms with Crippen molar-refractivity contribution >= 4 is 41.3 Å². The second-order valence-corrected chi connectivity index (χ2v) is 9.28. The highest BCUT2D eigenvalue weighted by Gasteiger charge is 2.11. The number of halogens is 1. The number of carbonyl (C=O) groups is 2. The summed E-state index contributed by atoms with van der Waals surface area (Å²) in [5, 5.41) is 4.89. The summed E-state index contributed by atoms with van der Waals surface area (Å²) < 4.78 is 43.5. The van der Waals surface area contributed by atoms with E-state index in [9.17, 15) is 26.4 Å². The number of primary sulfonamides is 1. The predicted octanol–water partition coefficient (Wildman–Crippen LogP) is 2.35. The molecule has 7 nitrogen and oxygen atoms in total. The molecular formula is C16H16ClNO6S2. The molecular weight excluding hydrogens is 402 g/mol. The summed E-state index contributed by atoms with van der Waals surface area (Å²) in [6, 6.07) is 11.2. The van der Waals surface area contributed by atoms with Crippen molar-refractivity contribution in [1.29, 1.82) is 0 Å². The van der Waals surface area contributed by atoms with Crippen LogP contribution in [0.4, 0.5) is 0 Å². The van der Waals surface area contributed by atoms with Gasteiger partial charge in [-0.05, 0) is 38.1 Å². The third kappa shape index (κ3) is 6.68. The molecule has 0 aliphatic carbocycles. The Balaban J connectivity index is 0.000000260. The monoisotopic (exact) mass is 417 g/mol. The van der Waals surface area contributed by atoms with E-state index in [1.54, 1.807) is 0 Å². The molecule has 140 valence electrons. The summed E-state index contributed by atoms with van der Waals surface area (Å²) in [7, 11) is -2.35. The van der Waals surface area contributed by atoms with Crippen molar-refractivity contribution in [3.05, 3.63) is 59.7 Å². The Hall–Kier alpha value is -2.07. The van der Waals surface area contributed by atoms with Crippen molar-refractivity contribution in [3.8, 4) is 0 Å². The van der Waals surface area contributed by atoms with Crippen LogP contribution in [0.25, 0.3) is 0 Å². The smallest absolute Gasteiger partial charge is 0.261 e. The van der Waals surface area contributed by atoms with Crippen LogP contribution in [0.5, 0.6) is 0 Å². The van der Waals surface area contributed by atoms with Gasteiger partial charge in [0.15, 0.2) is 11.6 Å². The van der Waals surface area contributed by atoms with Crippen molar-refractivity contribution in [3.63, 3.8) is 0 Å². The first kappa shape index (κ1) is 22.0. The van der Waals surface area contributed by atoms with Crippen molar-refractivity contribution in [1.82, 2.24) is 0 Å². The first-order valence-corrected chi connectivity index (χ1v) is 10.9. The van der Waals surface area contributed by atoms with Crippen LogP contribution in [0.1, 0.15) is 34.6 Å². The predicted molar refractivity (Wildman–Crippen MR) is 97.3 cm³/mol. The molecule has 0 fully saturated rings. The van der Waals surface area contributed by atoms with E-state index in [-0.39, 0.29) is 21.4 Å². The van der Waals surface area contributed by atoms with Crippen LogP contribution in [0.15, 0.2) is 58.3 Å². The standard InChI is InChI=1S/C8H7ClO3S.C8H9NO3S/c2*1-6(10)7-3-2-4-8(5-7)13(9,11)12/h2-5H,1H3;2-5H,1H3,(H2,9,11,12). The Morgan fingerprint density at radius 1 is 0.808 bits per heavy atom. The number of sulfonamides is 1. The molecule has 0 saturated carbocycles. The summed E-state index contributed by atoms with van der Waals surface area (Å²) in [6.45, 7) is 2.72. The largest absolute Gasteiger partial charge is 0.295 e. The highest BCUT2D eigenvalue weighted by atomic mass is 35.7. The maximum atomic E-state index is 10.9. The third-order valence-corrected chi connectivity index (χ3v) is 5.35. The number of hydrogen-bond donors (Lipinski definition) is 1. The highest BCUT2D eigenvalue weighted by molar-refractivity contribution is 8.13. The second-order valence-electron chi connectivity index (χ2n) is 5.15. The molecule has 2 aromatic rings. The zero-order valence-corrected chi connectivity index (χ0v) is 16.2. The van der Waals surface area contributed by atoms with E-state index in [4.69, 9.17) is 15.8 Å². The van der Waals surface area contributed by atoms with E-state index in [2.05, 4.69) is 0 Å². The fourth-order valence-electron chi connectivity index (χ4n) is 1.76. The van der Waals surface area contributed by atoms with Crippen LogP contribution in [0.3, 0.4) is 0 Å². The molecule has 0 aromatic heterocycles. The van der Waals surface area contributed by atoms with E-state index in [0.717, 1.165) is 0 Å². The molecule has 26 heavy (non-hydrogen) atoms. The number of carbonyl (C=O) groups excluding carboxylic acids is 2. The Kier molecular flexibility index (Phi) is 7.22. The quantitative estimate of drug-likeness (QED) is 0.600.